The minimum Gasteiger partial charge on any atom is -0.497 e. The molecule has 0 unspecified atom stereocenters. The lowest BCUT2D eigenvalue weighted by atomic mass is 10.0. The number of anilines is 2. The molecule has 242 valence electrons. The highest BCUT2D eigenvalue weighted by Gasteiger charge is 2.35. The van der Waals surface area contributed by atoms with Crippen molar-refractivity contribution in [2.24, 2.45) is 0 Å². The molecular weight excluding hydrogens is 627 g/mol. The predicted octanol–water partition coefficient (Wildman–Crippen LogP) is 5.20. The first-order valence-electron chi connectivity index (χ1n) is 14.0. The normalized spacial score (nSPS) is 13.2. The molecule has 0 bridgehead atoms. The number of carboxylic acid groups (broad SMARTS) is 1. The van der Waals surface area contributed by atoms with Gasteiger partial charge in [-0.2, -0.15) is 0 Å². The first-order chi connectivity index (χ1) is 22.0. The first-order valence-corrected chi connectivity index (χ1v) is 15.5. The lowest BCUT2D eigenvalue weighted by Crippen LogP contribution is -2.37. The Balaban J connectivity index is 1.53. The van der Waals surface area contributed by atoms with E-state index in [0.29, 0.717) is 44.8 Å². The predicted molar refractivity (Wildman–Crippen MR) is 162 cm³/mol. The molecule has 15 heteroatoms. The van der Waals surface area contributed by atoms with E-state index < -0.39 is 57.2 Å². The molecule has 5 rings (SSSR count). The van der Waals surface area contributed by atoms with Gasteiger partial charge in [0.05, 0.1) is 33.0 Å². The summed E-state index contributed by atoms with van der Waals surface area (Å²) in [6, 6.07) is 11.5. The van der Waals surface area contributed by atoms with Gasteiger partial charge in [0.15, 0.2) is 4.90 Å². The molecule has 4 aromatic rings. The van der Waals surface area contributed by atoms with E-state index in [1.165, 1.54) is 56.9 Å². The van der Waals surface area contributed by atoms with E-state index >= 15 is 8.78 Å². The van der Waals surface area contributed by atoms with Crippen LogP contribution in [0.15, 0.2) is 71.9 Å². The Morgan fingerprint density at radius 2 is 1.61 bits per heavy atom. The number of methoxy groups -OCH3 is 2. The summed E-state index contributed by atoms with van der Waals surface area (Å²) < 4.78 is 85.6. The molecule has 0 spiro atoms. The van der Waals surface area contributed by atoms with Gasteiger partial charge in [0.2, 0.25) is 5.95 Å². The summed E-state index contributed by atoms with van der Waals surface area (Å²) >= 11 is 0. The molecule has 1 aromatic heterocycles. The summed E-state index contributed by atoms with van der Waals surface area (Å²) in [5.41, 5.74) is 0.334. The number of carbonyl (C=O) groups is 1. The molecular formula is C31H30F3N5O6S. The largest absolute Gasteiger partial charge is 0.497 e. The molecule has 0 aliphatic carbocycles. The van der Waals surface area contributed by atoms with Crippen molar-refractivity contribution in [2.45, 2.75) is 31.0 Å². The number of ether oxygens (including phenoxy) is 2. The number of likely N-dealkylation sites (tertiary alicyclic amines) is 1. The van der Waals surface area contributed by atoms with Crippen molar-refractivity contribution in [1.29, 1.82) is 0 Å². The molecule has 0 saturated carbocycles. The van der Waals surface area contributed by atoms with Crippen LogP contribution in [0.2, 0.25) is 0 Å². The van der Waals surface area contributed by atoms with Crippen LogP contribution in [0.4, 0.5) is 29.6 Å². The van der Waals surface area contributed by atoms with Gasteiger partial charge < -0.3 is 14.6 Å². The fraction of sp³-hybridized carbons (Fsp3) is 0.258. The number of sulfonamides is 1. The summed E-state index contributed by atoms with van der Waals surface area (Å²) in [7, 11) is -2.26. The van der Waals surface area contributed by atoms with Crippen LogP contribution in [0.1, 0.15) is 23.1 Å². The SMILES string of the molecule is COc1ccc(CN(c2ncccn2)S(=O)(=O)c2c(F)cc(N(Cc3c(F)cccc3CN3CCC3)C(=O)O)cc2F)c(OC)c1. The number of hydrogen-bond donors (Lipinski definition) is 1. The zero-order chi connectivity index (χ0) is 33.0. The van der Waals surface area contributed by atoms with E-state index in [2.05, 4.69) is 9.97 Å². The molecule has 0 atom stereocenters. The van der Waals surface area contributed by atoms with Crippen LogP contribution in [0, 0.1) is 17.5 Å². The van der Waals surface area contributed by atoms with Crippen LogP contribution in [0.3, 0.4) is 0 Å². The highest BCUT2D eigenvalue weighted by atomic mass is 32.2. The number of amides is 1. The fourth-order valence-corrected chi connectivity index (χ4v) is 6.47. The van der Waals surface area contributed by atoms with Crippen LogP contribution in [-0.2, 0) is 29.7 Å². The maximum Gasteiger partial charge on any atom is 0.412 e. The molecule has 11 nitrogen and oxygen atoms in total. The smallest absolute Gasteiger partial charge is 0.412 e. The zero-order valence-electron chi connectivity index (χ0n) is 24.9. The van der Waals surface area contributed by atoms with Crippen LogP contribution in [0.5, 0.6) is 11.5 Å². The molecule has 1 aliphatic heterocycles. The maximum absolute atomic E-state index is 15.8. The van der Waals surface area contributed by atoms with Crippen molar-refractivity contribution in [2.75, 3.05) is 36.5 Å². The van der Waals surface area contributed by atoms with Crippen molar-refractivity contribution in [3.8, 4) is 11.5 Å². The molecule has 3 aromatic carbocycles. The Labute approximate surface area is 263 Å². The van der Waals surface area contributed by atoms with Crippen molar-refractivity contribution >= 4 is 27.8 Å². The van der Waals surface area contributed by atoms with Gasteiger partial charge in [-0.05, 0) is 61.5 Å². The number of benzene rings is 3. The lowest BCUT2D eigenvalue weighted by molar-refractivity contribution is 0.172. The van der Waals surface area contributed by atoms with Crippen LogP contribution >= 0.6 is 0 Å². The van der Waals surface area contributed by atoms with E-state index in [0.717, 1.165) is 19.5 Å². The van der Waals surface area contributed by atoms with Crippen molar-refractivity contribution in [1.82, 2.24) is 14.9 Å². The van der Waals surface area contributed by atoms with Gasteiger partial charge in [-0.1, -0.05) is 12.1 Å². The Hall–Kier alpha value is -4.89. The average molecular weight is 658 g/mol. The van der Waals surface area contributed by atoms with Crippen LogP contribution < -0.4 is 18.7 Å². The first kappa shape index (κ1) is 32.5. The number of aromatic nitrogens is 2. The number of rotatable bonds is 12. The lowest BCUT2D eigenvalue weighted by Gasteiger charge is -2.32. The topological polar surface area (TPSA) is 125 Å². The average Bonchev–Trinajstić information content (AvgIpc) is 3.00. The molecule has 46 heavy (non-hydrogen) atoms. The van der Waals surface area contributed by atoms with Gasteiger partial charge in [-0.15, -0.1) is 0 Å². The standard InChI is InChI=1S/C31H30F3N5O6S/c1-44-23-9-8-21(28(16-23)45-2)18-39(30-35-10-4-11-36-30)46(42,43)29-26(33)14-22(15-27(29)34)38(31(40)41)19-24-20(6-3-7-25(24)32)17-37-12-5-13-37/h3-4,6-11,14-16H,5,12-13,17-19H2,1-2H3,(H,40,41). The Bertz CT molecular complexity index is 1820. The maximum atomic E-state index is 15.8. The monoisotopic (exact) mass is 657 g/mol. The molecule has 1 aliphatic rings. The van der Waals surface area contributed by atoms with Gasteiger partial charge in [0.1, 0.15) is 29.0 Å². The summed E-state index contributed by atoms with van der Waals surface area (Å²) in [5, 5.41) is 9.99. The minimum absolute atomic E-state index is 0.0372. The Kier molecular flexibility index (Phi) is 9.63. The van der Waals surface area contributed by atoms with Crippen molar-refractivity contribution in [3.05, 3.63) is 101 Å². The third-order valence-corrected chi connectivity index (χ3v) is 9.31. The van der Waals surface area contributed by atoms with Gasteiger partial charge in [0, 0.05) is 36.1 Å². The molecule has 2 heterocycles. The van der Waals surface area contributed by atoms with Crippen molar-refractivity contribution < 1.29 is 41.0 Å². The zero-order valence-corrected chi connectivity index (χ0v) is 25.7. The second-order valence-electron chi connectivity index (χ2n) is 10.4. The highest BCUT2D eigenvalue weighted by Crippen LogP contribution is 2.34. The van der Waals surface area contributed by atoms with Gasteiger partial charge in [-0.25, -0.2) is 40.7 Å². The van der Waals surface area contributed by atoms with Gasteiger partial charge >= 0.3 is 6.09 Å². The van der Waals surface area contributed by atoms with E-state index in [9.17, 15) is 22.7 Å². The third kappa shape index (κ3) is 6.70. The quantitative estimate of drug-likeness (QED) is 0.219. The highest BCUT2D eigenvalue weighted by molar-refractivity contribution is 7.92. The summed E-state index contributed by atoms with van der Waals surface area (Å²) in [6.45, 7) is 0.922. The molecule has 1 N–H and O–H groups in total. The minimum atomic E-state index is -5.06. The number of nitrogens with zero attached hydrogens (tertiary/aromatic N) is 5. The van der Waals surface area contributed by atoms with Gasteiger partial charge in [0.25, 0.3) is 10.0 Å². The third-order valence-electron chi connectivity index (χ3n) is 7.53. The van der Waals surface area contributed by atoms with E-state index in [1.54, 1.807) is 12.1 Å². The summed E-state index contributed by atoms with van der Waals surface area (Å²) in [4.78, 5) is 21.5. The Morgan fingerprint density at radius 3 is 2.20 bits per heavy atom. The second-order valence-corrected chi connectivity index (χ2v) is 12.2. The molecule has 0 radical (unpaired) electrons. The molecule has 1 saturated heterocycles. The summed E-state index contributed by atoms with van der Waals surface area (Å²) in [5.74, 6) is -3.56. The van der Waals surface area contributed by atoms with Crippen LogP contribution in [-0.4, -0.2) is 61.8 Å². The second kappa shape index (κ2) is 13.6. The van der Waals surface area contributed by atoms with E-state index in [4.69, 9.17) is 9.47 Å². The molecule has 1 amide bonds. The number of halogens is 3. The van der Waals surface area contributed by atoms with Crippen molar-refractivity contribution in [3.63, 3.8) is 0 Å². The van der Waals surface area contributed by atoms with E-state index in [1.807, 2.05) is 4.90 Å². The van der Waals surface area contributed by atoms with Gasteiger partial charge in [-0.3, -0.25) is 9.80 Å². The van der Waals surface area contributed by atoms with Crippen LogP contribution in [0.25, 0.3) is 0 Å². The number of hydrogen-bond acceptors (Lipinski definition) is 8. The fourth-order valence-electron chi connectivity index (χ4n) is 5.02. The van der Waals surface area contributed by atoms with E-state index in [-0.39, 0.29) is 17.3 Å². The summed E-state index contributed by atoms with van der Waals surface area (Å²) in [6.07, 6.45) is 1.88. The molecule has 1 fully saturated rings. The Morgan fingerprint density at radius 1 is 0.913 bits per heavy atom.